The van der Waals surface area contributed by atoms with Gasteiger partial charge >= 0.3 is 12.1 Å². The van der Waals surface area contributed by atoms with E-state index in [2.05, 4.69) is 17.2 Å². The first-order valence-corrected chi connectivity index (χ1v) is 10.6. The maximum absolute atomic E-state index is 12.2. The molecule has 0 aliphatic heterocycles. The molecule has 1 aromatic carbocycles. The van der Waals surface area contributed by atoms with Crippen LogP contribution in [0.4, 0.5) is 4.79 Å². The molecule has 2 atom stereocenters. The number of ether oxygens (including phenoxy) is 2. The molecule has 8 heteroatoms. The Morgan fingerprint density at radius 1 is 1.13 bits per heavy atom. The van der Waals surface area contributed by atoms with Gasteiger partial charge < -0.3 is 25.2 Å². The number of unbranched alkanes of at least 4 members (excludes halogenated alkanes) is 4. The van der Waals surface area contributed by atoms with Crippen molar-refractivity contribution in [3.8, 4) is 0 Å². The number of aliphatic hydroxyl groups excluding tert-OH is 1. The van der Waals surface area contributed by atoms with E-state index in [1.807, 2.05) is 36.4 Å². The number of allylic oxidation sites excluding steroid dienone is 1. The number of carbonyl (C=O) groups excluding carboxylic acids is 3. The number of aliphatic hydroxyl groups is 1. The van der Waals surface area contributed by atoms with Crippen LogP contribution in [0.5, 0.6) is 0 Å². The summed E-state index contributed by atoms with van der Waals surface area (Å²) in [6.45, 7) is 3.65. The highest BCUT2D eigenvalue weighted by Gasteiger charge is 2.22. The summed E-state index contributed by atoms with van der Waals surface area (Å²) in [6, 6.07) is 8.43. The van der Waals surface area contributed by atoms with Crippen molar-refractivity contribution in [2.75, 3.05) is 13.7 Å². The van der Waals surface area contributed by atoms with Gasteiger partial charge in [0.15, 0.2) is 0 Å². The van der Waals surface area contributed by atoms with Gasteiger partial charge in [0.1, 0.15) is 12.6 Å². The second kappa shape index (κ2) is 15.9. The van der Waals surface area contributed by atoms with Crippen LogP contribution in [0.15, 0.2) is 43.0 Å². The average Bonchev–Trinajstić information content (AvgIpc) is 2.77. The van der Waals surface area contributed by atoms with E-state index in [0.29, 0.717) is 6.42 Å². The van der Waals surface area contributed by atoms with Gasteiger partial charge in [-0.15, -0.1) is 6.58 Å². The number of amides is 2. The smallest absolute Gasteiger partial charge is 0.407 e. The van der Waals surface area contributed by atoms with Crippen molar-refractivity contribution in [2.24, 2.45) is 0 Å². The predicted octanol–water partition coefficient (Wildman–Crippen LogP) is 2.85. The van der Waals surface area contributed by atoms with E-state index >= 15 is 0 Å². The normalized spacial score (nSPS) is 12.3. The highest BCUT2D eigenvalue weighted by Crippen LogP contribution is 2.09. The van der Waals surface area contributed by atoms with Crippen LogP contribution in [0.2, 0.25) is 0 Å². The van der Waals surface area contributed by atoms with Crippen molar-refractivity contribution in [3.05, 3.63) is 48.6 Å². The van der Waals surface area contributed by atoms with Crippen LogP contribution >= 0.6 is 0 Å². The fourth-order valence-electron chi connectivity index (χ4n) is 2.90. The Labute approximate surface area is 184 Å². The Hall–Kier alpha value is -2.87. The minimum Gasteiger partial charge on any atom is -0.467 e. The van der Waals surface area contributed by atoms with Gasteiger partial charge in [-0.2, -0.15) is 0 Å². The van der Waals surface area contributed by atoms with Crippen molar-refractivity contribution < 1.29 is 29.0 Å². The molecule has 0 aliphatic rings. The Bertz CT molecular complexity index is 680. The van der Waals surface area contributed by atoms with Crippen molar-refractivity contribution in [2.45, 2.75) is 63.7 Å². The van der Waals surface area contributed by atoms with Gasteiger partial charge in [0.05, 0.1) is 19.6 Å². The van der Waals surface area contributed by atoms with E-state index in [0.717, 1.165) is 37.7 Å². The van der Waals surface area contributed by atoms with Crippen molar-refractivity contribution >= 4 is 18.0 Å². The molecule has 0 aromatic heterocycles. The topological polar surface area (TPSA) is 114 Å². The standard InChI is InChI=1S/C23H34N2O6/c1-3-4-5-6-7-11-14-20(22(28)30-2)25-21(27)15-19(26)16-24-23(29)31-17-18-12-9-8-10-13-18/h3,8-10,12-13,19-20,26H,1,4-7,11,14-17H2,2H3,(H,24,29)(H,25,27)/t19-,20-/m1/s1. The minimum absolute atomic E-state index is 0.109. The zero-order chi connectivity index (χ0) is 22.9. The lowest BCUT2D eigenvalue weighted by Crippen LogP contribution is -2.43. The second-order valence-corrected chi connectivity index (χ2v) is 7.22. The molecule has 1 aromatic rings. The number of esters is 1. The van der Waals surface area contributed by atoms with Crippen LogP contribution in [0.3, 0.4) is 0 Å². The molecule has 0 saturated carbocycles. The van der Waals surface area contributed by atoms with E-state index in [-0.39, 0.29) is 19.6 Å². The molecule has 1 rings (SSSR count). The van der Waals surface area contributed by atoms with Crippen molar-refractivity contribution in [3.63, 3.8) is 0 Å². The second-order valence-electron chi connectivity index (χ2n) is 7.22. The summed E-state index contributed by atoms with van der Waals surface area (Å²) in [5, 5.41) is 15.0. The SMILES string of the molecule is C=CCCCCCC[C@@H](NC(=O)C[C@@H](O)CNC(=O)OCc1ccccc1)C(=O)OC. The van der Waals surface area contributed by atoms with Crippen molar-refractivity contribution in [1.29, 1.82) is 0 Å². The highest BCUT2D eigenvalue weighted by atomic mass is 16.5. The molecule has 0 radical (unpaired) electrons. The first-order chi connectivity index (χ1) is 15.0. The number of rotatable bonds is 15. The van der Waals surface area contributed by atoms with E-state index in [4.69, 9.17) is 9.47 Å². The molecule has 0 unspecified atom stereocenters. The Morgan fingerprint density at radius 3 is 2.52 bits per heavy atom. The Morgan fingerprint density at radius 2 is 1.84 bits per heavy atom. The third-order valence-corrected chi connectivity index (χ3v) is 4.59. The lowest BCUT2D eigenvalue weighted by atomic mass is 10.1. The van der Waals surface area contributed by atoms with Gasteiger partial charge in [-0.05, 0) is 24.8 Å². The van der Waals surface area contributed by atoms with Gasteiger partial charge in [0.25, 0.3) is 0 Å². The summed E-state index contributed by atoms with van der Waals surface area (Å²) >= 11 is 0. The average molecular weight is 435 g/mol. The molecule has 0 heterocycles. The van der Waals surface area contributed by atoms with E-state index in [9.17, 15) is 19.5 Å². The summed E-state index contributed by atoms with van der Waals surface area (Å²) in [7, 11) is 1.27. The van der Waals surface area contributed by atoms with Gasteiger partial charge in [0, 0.05) is 6.54 Å². The molecule has 3 N–H and O–H groups in total. The molecule has 31 heavy (non-hydrogen) atoms. The van der Waals surface area contributed by atoms with Crippen LogP contribution in [0.25, 0.3) is 0 Å². The molecule has 0 bridgehead atoms. The fraction of sp³-hybridized carbons (Fsp3) is 0.522. The largest absolute Gasteiger partial charge is 0.467 e. The molecule has 0 fully saturated rings. The van der Waals surface area contributed by atoms with E-state index < -0.39 is 30.1 Å². The predicted molar refractivity (Wildman–Crippen MR) is 117 cm³/mol. The summed E-state index contributed by atoms with van der Waals surface area (Å²) in [4.78, 5) is 35.8. The van der Waals surface area contributed by atoms with E-state index in [1.54, 1.807) is 0 Å². The fourth-order valence-corrected chi connectivity index (χ4v) is 2.90. The molecule has 172 valence electrons. The third-order valence-electron chi connectivity index (χ3n) is 4.59. The van der Waals surface area contributed by atoms with Gasteiger partial charge in [-0.25, -0.2) is 9.59 Å². The Kier molecular flexibility index (Phi) is 13.4. The molecular weight excluding hydrogens is 400 g/mol. The molecule has 8 nitrogen and oxygen atoms in total. The van der Waals surface area contributed by atoms with Crippen LogP contribution < -0.4 is 10.6 Å². The number of methoxy groups -OCH3 is 1. The number of carbonyl (C=O) groups is 3. The first kappa shape index (κ1) is 26.2. The summed E-state index contributed by atoms with van der Waals surface area (Å²) in [6.07, 6.45) is 5.03. The van der Waals surface area contributed by atoms with Gasteiger partial charge in [-0.1, -0.05) is 55.7 Å². The lowest BCUT2D eigenvalue weighted by molar-refractivity contribution is -0.145. The number of hydrogen-bond donors (Lipinski definition) is 3. The van der Waals surface area contributed by atoms with Crippen molar-refractivity contribution in [1.82, 2.24) is 10.6 Å². The summed E-state index contributed by atoms with van der Waals surface area (Å²) in [5.41, 5.74) is 0.840. The monoisotopic (exact) mass is 434 g/mol. The Balaban J connectivity index is 2.30. The maximum atomic E-state index is 12.2. The summed E-state index contributed by atoms with van der Waals surface area (Å²) < 4.78 is 9.80. The zero-order valence-corrected chi connectivity index (χ0v) is 18.2. The summed E-state index contributed by atoms with van der Waals surface area (Å²) in [5.74, 6) is -1.01. The quantitative estimate of drug-likeness (QED) is 0.222. The molecular formula is C23H34N2O6. The lowest BCUT2D eigenvalue weighted by Gasteiger charge is -2.18. The van der Waals surface area contributed by atoms with Crippen LogP contribution in [-0.2, 0) is 25.7 Å². The molecule has 0 saturated heterocycles. The molecule has 0 spiro atoms. The number of nitrogens with one attached hydrogen (secondary N) is 2. The number of hydrogen-bond acceptors (Lipinski definition) is 6. The first-order valence-electron chi connectivity index (χ1n) is 10.6. The van der Waals surface area contributed by atoms with Crippen LogP contribution in [0.1, 0.15) is 50.5 Å². The highest BCUT2D eigenvalue weighted by molar-refractivity contribution is 5.84. The minimum atomic E-state index is -1.11. The van der Waals surface area contributed by atoms with Gasteiger partial charge in [0.2, 0.25) is 5.91 Å². The number of alkyl carbamates (subject to hydrolysis) is 1. The molecule has 0 aliphatic carbocycles. The number of benzene rings is 1. The molecule has 2 amide bonds. The van der Waals surface area contributed by atoms with Gasteiger partial charge in [-0.3, -0.25) is 4.79 Å². The zero-order valence-electron chi connectivity index (χ0n) is 18.2. The maximum Gasteiger partial charge on any atom is 0.407 e. The van der Waals surface area contributed by atoms with Crippen LogP contribution in [-0.4, -0.2) is 48.9 Å². The van der Waals surface area contributed by atoms with E-state index in [1.165, 1.54) is 7.11 Å². The van der Waals surface area contributed by atoms with Crippen LogP contribution in [0, 0.1) is 0 Å². The third kappa shape index (κ3) is 12.4.